The van der Waals surface area contributed by atoms with Crippen molar-refractivity contribution in [2.75, 3.05) is 31.1 Å². The van der Waals surface area contributed by atoms with Crippen LogP contribution in [0.3, 0.4) is 0 Å². The lowest BCUT2D eigenvalue weighted by Gasteiger charge is -2.21. The molecule has 0 amide bonds. The Labute approximate surface area is 172 Å². The molecule has 1 aromatic carbocycles. The van der Waals surface area contributed by atoms with Gasteiger partial charge in [0.15, 0.2) is 17.0 Å². The lowest BCUT2D eigenvalue weighted by Crippen LogP contribution is -2.68. The van der Waals surface area contributed by atoms with E-state index in [0.29, 0.717) is 0 Å². The first-order valence-corrected chi connectivity index (χ1v) is 10.7. The summed E-state index contributed by atoms with van der Waals surface area (Å²) in [7, 11) is -4.94. The van der Waals surface area contributed by atoms with Crippen molar-refractivity contribution in [3.63, 3.8) is 0 Å². The highest BCUT2D eigenvalue weighted by atomic mass is 35.7. The average Bonchev–Trinajstić information content (AvgIpc) is 2.68. The first-order chi connectivity index (χ1) is 13.7. The zero-order valence-electron chi connectivity index (χ0n) is 17.1. The molecule has 0 saturated carbocycles. The van der Waals surface area contributed by atoms with Crippen LogP contribution in [-0.2, 0) is 0 Å². The van der Waals surface area contributed by atoms with Gasteiger partial charge in [-0.05, 0) is 52.0 Å². The minimum atomic E-state index is -4.94. The summed E-state index contributed by atoms with van der Waals surface area (Å²) in [5, 5.41) is 1.18. The summed E-state index contributed by atoms with van der Waals surface area (Å²) in [5.74, 6) is 0.839. The molecule has 1 aromatic rings. The maximum atomic E-state index is 8.49. The second-order valence-corrected chi connectivity index (χ2v) is 6.94. The molecular weight excluding hydrogens is 398 g/mol. The summed E-state index contributed by atoms with van der Waals surface area (Å²) in [6.07, 6.45) is 0. The maximum Gasteiger partial charge on any atom is 0.253 e. The molecule has 0 aromatic heterocycles. The van der Waals surface area contributed by atoms with E-state index in [1.54, 1.807) is 0 Å². The van der Waals surface area contributed by atoms with Crippen molar-refractivity contribution in [3.05, 3.63) is 41.8 Å². The predicted octanol–water partition coefficient (Wildman–Crippen LogP) is -1.17. The number of halogens is 1. The standard InChI is InChI=1S/C20H26N3O.ClHO4/c1-5-22(6-2)16-13-14-18-19(20(16)23(7-3)8-4)21-15-11-9-10-12-17(15)24-18;2-1(3,4)5/h9-14H,5-8H2,1-4H3;(H,2,3,4,5)/q+1;/p-1. The molecule has 0 atom stereocenters. The van der Waals surface area contributed by atoms with Gasteiger partial charge < -0.3 is 9.32 Å². The van der Waals surface area contributed by atoms with Gasteiger partial charge in [-0.2, -0.15) is 0 Å². The van der Waals surface area contributed by atoms with E-state index >= 15 is 0 Å². The van der Waals surface area contributed by atoms with Crippen LogP contribution < -0.4 is 33.5 Å². The fourth-order valence-corrected chi connectivity index (χ4v) is 3.29. The molecule has 0 saturated heterocycles. The highest BCUT2D eigenvalue weighted by Crippen LogP contribution is 2.25. The number of hydrogen-bond donors (Lipinski definition) is 0. The highest BCUT2D eigenvalue weighted by molar-refractivity contribution is 5.77. The van der Waals surface area contributed by atoms with E-state index in [4.69, 9.17) is 28.0 Å². The summed E-state index contributed by atoms with van der Waals surface area (Å²) in [5.41, 5.74) is 3.90. The van der Waals surface area contributed by atoms with Gasteiger partial charge in [-0.1, -0.05) is 12.1 Å². The molecule has 2 aliphatic rings. The Bertz CT molecular complexity index is 968. The van der Waals surface area contributed by atoms with Crippen LogP contribution in [0.5, 0.6) is 0 Å². The largest absolute Gasteiger partial charge is 0.453 e. The third-order valence-corrected chi connectivity index (χ3v) is 4.59. The monoisotopic (exact) mass is 423 g/mol. The van der Waals surface area contributed by atoms with Crippen molar-refractivity contribution in [3.8, 4) is 11.5 Å². The van der Waals surface area contributed by atoms with E-state index in [1.165, 1.54) is 11.0 Å². The second kappa shape index (κ2) is 10.00. The summed E-state index contributed by atoms with van der Waals surface area (Å²) < 4.78 is 42.5. The second-order valence-electron chi connectivity index (χ2n) is 6.18. The van der Waals surface area contributed by atoms with Crippen LogP contribution in [0.4, 0.5) is 5.69 Å². The van der Waals surface area contributed by atoms with Gasteiger partial charge in [0.05, 0.1) is 0 Å². The Morgan fingerprint density at radius 3 is 2.07 bits per heavy atom. The number of para-hydroxylation sites is 2. The number of aromatic nitrogens is 1. The fraction of sp³-hybridized carbons (Fsp3) is 0.400. The molecule has 1 aliphatic heterocycles. The number of fused-ring (bicyclic) bond motifs is 2. The van der Waals surface area contributed by atoms with Crippen molar-refractivity contribution in [1.29, 1.82) is 0 Å². The Morgan fingerprint density at radius 2 is 1.52 bits per heavy atom. The number of anilines is 1. The molecule has 158 valence electrons. The van der Waals surface area contributed by atoms with Gasteiger partial charge in [0, 0.05) is 13.1 Å². The molecule has 0 spiro atoms. The number of rotatable bonds is 5. The average molecular weight is 424 g/mol. The van der Waals surface area contributed by atoms with Crippen LogP contribution in [0.1, 0.15) is 27.7 Å². The summed E-state index contributed by atoms with van der Waals surface area (Å²) in [6, 6.07) is 12.2. The van der Waals surface area contributed by atoms with E-state index in [0.717, 1.165) is 48.7 Å². The minimum Gasteiger partial charge on any atom is -0.453 e. The van der Waals surface area contributed by atoms with Crippen LogP contribution in [-0.4, -0.2) is 31.2 Å². The molecule has 29 heavy (non-hydrogen) atoms. The number of hydrogen-bond acceptors (Lipinski definition) is 7. The van der Waals surface area contributed by atoms with Crippen LogP contribution in [0.2, 0.25) is 0 Å². The van der Waals surface area contributed by atoms with Gasteiger partial charge in [0.1, 0.15) is 24.3 Å². The van der Waals surface area contributed by atoms with Gasteiger partial charge >= 0.3 is 0 Å². The van der Waals surface area contributed by atoms with Crippen LogP contribution in [0, 0.1) is 10.2 Å². The molecular formula is C20H26ClN3O5. The third kappa shape index (κ3) is 5.88. The van der Waals surface area contributed by atoms with E-state index in [2.05, 4.69) is 49.3 Å². The van der Waals surface area contributed by atoms with Crippen molar-refractivity contribution >= 4 is 16.8 Å². The van der Waals surface area contributed by atoms with Crippen molar-refractivity contribution in [1.82, 2.24) is 9.56 Å². The van der Waals surface area contributed by atoms with Crippen molar-refractivity contribution in [2.45, 2.75) is 27.7 Å². The Kier molecular flexibility index (Phi) is 7.95. The molecule has 0 fully saturated rings. The van der Waals surface area contributed by atoms with Gasteiger partial charge in [-0.15, -0.1) is 10.2 Å². The Morgan fingerprint density at radius 1 is 0.931 bits per heavy atom. The quantitative estimate of drug-likeness (QED) is 0.374. The number of benzene rings is 2. The smallest absolute Gasteiger partial charge is 0.253 e. The zero-order valence-corrected chi connectivity index (χ0v) is 17.8. The fourth-order valence-electron chi connectivity index (χ4n) is 3.29. The maximum absolute atomic E-state index is 8.49. The molecule has 1 aliphatic carbocycles. The van der Waals surface area contributed by atoms with Crippen LogP contribution in [0.25, 0.3) is 22.6 Å². The minimum absolute atomic E-state index is 0.825. The van der Waals surface area contributed by atoms with Crippen molar-refractivity contribution < 1.29 is 33.3 Å². The van der Waals surface area contributed by atoms with E-state index in [9.17, 15) is 0 Å². The molecule has 0 unspecified atom stereocenters. The SMILES string of the molecule is CCN(CC)c1ccc2oc3ccccc3nc-2c1=[N+](CC)CC.[O-][Cl+3]([O-])([O-])[O-]. The van der Waals surface area contributed by atoms with E-state index in [-0.39, 0.29) is 0 Å². The lowest BCUT2D eigenvalue weighted by molar-refractivity contribution is -2.00. The molecule has 1 heterocycles. The third-order valence-electron chi connectivity index (χ3n) is 4.59. The zero-order chi connectivity index (χ0) is 21.6. The van der Waals surface area contributed by atoms with Crippen LogP contribution in [0.15, 0.2) is 40.8 Å². The molecule has 0 N–H and O–H groups in total. The van der Waals surface area contributed by atoms with Gasteiger partial charge in [-0.25, -0.2) is 28.2 Å². The van der Waals surface area contributed by atoms with E-state index < -0.39 is 10.2 Å². The molecule has 0 bridgehead atoms. The first-order valence-electron chi connectivity index (χ1n) is 9.50. The molecule has 0 radical (unpaired) electrons. The van der Waals surface area contributed by atoms with Crippen molar-refractivity contribution in [2.24, 2.45) is 0 Å². The molecule has 3 rings (SSSR count). The predicted molar refractivity (Wildman–Crippen MR) is 101 cm³/mol. The molecule has 9 heteroatoms. The van der Waals surface area contributed by atoms with Gasteiger partial charge in [0.25, 0.3) is 5.36 Å². The first kappa shape index (κ1) is 23.1. The summed E-state index contributed by atoms with van der Waals surface area (Å²) >= 11 is 0. The topological polar surface area (TPSA) is 125 Å². The normalized spacial score (nSPS) is 11.3. The van der Waals surface area contributed by atoms with Gasteiger partial charge in [-0.3, -0.25) is 0 Å². The summed E-state index contributed by atoms with van der Waals surface area (Å²) in [4.78, 5) is 7.32. The summed E-state index contributed by atoms with van der Waals surface area (Å²) in [6.45, 7) is 12.6. The number of nitrogens with zero attached hydrogens (tertiary/aromatic N) is 3. The lowest BCUT2D eigenvalue weighted by atomic mass is 10.1. The van der Waals surface area contributed by atoms with E-state index in [1.807, 2.05) is 24.3 Å². The Hall–Kier alpha value is -2.23. The Balaban J connectivity index is 0.000000537. The highest BCUT2D eigenvalue weighted by Gasteiger charge is 2.22. The van der Waals surface area contributed by atoms with Crippen LogP contribution >= 0.6 is 0 Å². The molecule has 8 nitrogen and oxygen atoms in total. The van der Waals surface area contributed by atoms with Gasteiger partial charge in [0.2, 0.25) is 0 Å².